The molecule has 0 aliphatic heterocycles. The fraction of sp³-hybridized carbons (Fsp3) is 0.438. The van der Waals surface area contributed by atoms with E-state index in [2.05, 4.69) is 36.7 Å². The molecule has 0 atom stereocenters. The highest BCUT2D eigenvalue weighted by molar-refractivity contribution is 5.38. The van der Waals surface area contributed by atoms with Crippen LogP contribution in [0.15, 0.2) is 18.2 Å². The molecule has 1 aromatic rings. The number of nitriles is 1. The first-order valence-corrected chi connectivity index (χ1v) is 6.66. The van der Waals surface area contributed by atoms with Gasteiger partial charge in [-0.1, -0.05) is 11.8 Å². The molecule has 0 aliphatic rings. The Hall–Kier alpha value is -1.88. The van der Waals surface area contributed by atoms with Gasteiger partial charge < -0.3 is 5.73 Å². The van der Waals surface area contributed by atoms with Crippen molar-refractivity contribution in [2.75, 3.05) is 13.1 Å². The summed E-state index contributed by atoms with van der Waals surface area (Å²) in [4.78, 5) is 2.14. The Morgan fingerprint density at radius 1 is 1.35 bits per heavy atom. The van der Waals surface area contributed by atoms with Gasteiger partial charge in [-0.3, -0.25) is 4.90 Å². The molecule has 0 radical (unpaired) electrons. The van der Waals surface area contributed by atoms with E-state index < -0.39 is 0 Å². The molecule has 0 unspecified atom stereocenters. The molecular weight excluding hydrogens is 253 g/mol. The average molecular weight is 273 g/mol. The Kier molecular flexibility index (Phi) is 6.73. The van der Waals surface area contributed by atoms with Gasteiger partial charge in [-0.15, -0.1) is 0 Å². The van der Waals surface area contributed by atoms with E-state index in [-0.39, 0.29) is 12.4 Å². The minimum absolute atomic E-state index is 0.256. The van der Waals surface area contributed by atoms with Crippen molar-refractivity contribution in [2.45, 2.75) is 32.9 Å². The van der Waals surface area contributed by atoms with Crippen molar-refractivity contribution in [1.82, 2.24) is 4.90 Å². The first kappa shape index (κ1) is 16.2. The van der Waals surface area contributed by atoms with Crippen LogP contribution in [-0.2, 0) is 6.54 Å². The Labute approximate surface area is 120 Å². The highest BCUT2D eigenvalue weighted by Gasteiger charge is 2.10. The summed E-state index contributed by atoms with van der Waals surface area (Å²) in [6.07, 6.45) is 0.466. The first-order valence-electron chi connectivity index (χ1n) is 6.66. The van der Waals surface area contributed by atoms with Crippen LogP contribution in [0.3, 0.4) is 0 Å². The van der Waals surface area contributed by atoms with Crippen LogP contribution in [0, 0.1) is 29.0 Å². The largest absolute Gasteiger partial charge is 0.320 e. The van der Waals surface area contributed by atoms with Crippen molar-refractivity contribution in [3.63, 3.8) is 0 Å². The van der Waals surface area contributed by atoms with Gasteiger partial charge in [0.05, 0.1) is 12.6 Å². The van der Waals surface area contributed by atoms with E-state index in [1.807, 2.05) is 6.07 Å². The molecule has 1 rings (SSSR count). The monoisotopic (exact) mass is 273 g/mol. The van der Waals surface area contributed by atoms with Gasteiger partial charge >= 0.3 is 0 Å². The second-order valence-corrected chi connectivity index (χ2v) is 4.83. The molecule has 0 saturated heterocycles. The number of halogens is 1. The zero-order valence-electron chi connectivity index (χ0n) is 12.0. The summed E-state index contributed by atoms with van der Waals surface area (Å²) in [6.45, 7) is 5.66. The quantitative estimate of drug-likeness (QED) is 0.837. The lowest BCUT2D eigenvalue weighted by atomic mass is 10.1. The topological polar surface area (TPSA) is 53.0 Å². The molecule has 0 aliphatic carbocycles. The van der Waals surface area contributed by atoms with E-state index in [0.29, 0.717) is 31.1 Å². The third-order valence-electron chi connectivity index (χ3n) is 2.92. The van der Waals surface area contributed by atoms with Crippen molar-refractivity contribution in [2.24, 2.45) is 5.73 Å². The van der Waals surface area contributed by atoms with Crippen molar-refractivity contribution in [3.8, 4) is 17.9 Å². The maximum Gasteiger partial charge on any atom is 0.124 e. The standard InChI is InChI=1S/C16H20FN3/c1-13(2)20(8-4-7-19)12-15-9-14(5-3-6-18)10-16(17)11-15/h9-11,13H,4,6,8,12,18H2,1-2H3. The molecule has 0 fully saturated rings. The predicted molar refractivity (Wildman–Crippen MR) is 78.1 cm³/mol. The van der Waals surface area contributed by atoms with Gasteiger partial charge in [0.2, 0.25) is 0 Å². The Bertz CT molecular complexity index is 535. The maximum absolute atomic E-state index is 13.6. The van der Waals surface area contributed by atoms with Crippen LogP contribution in [0.4, 0.5) is 4.39 Å². The lowest BCUT2D eigenvalue weighted by Gasteiger charge is -2.25. The van der Waals surface area contributed by atoms with E-state index >= 15 is 0 Å². The second-order valence-electron chi connectivity index (χ2n) is 4.83. The summed E-state index contributed by atoms with van der Waals surface area (Å²) in [5, 5.41) is 8.68. The van der Waals surface area contributed by atoms with E-state index in [9.17, 15) is 4.39 Å². The lowest BCUT2D eigenvalue weighted by molar-refractivity contribution is 0.217. The highest BCUT2D eigenvalue weighted by atomic mass is 19.1. The fourth-order valence-electron chi connectivity index (χ4n) is 1.91. The Morgan fingerprint density at radius 2 is 2.10 bits per heavy atom. The number of hydrogen-bond acceptors (Lipinski definition) is 3. The van der Waals surface area contributed by atoms with Gasteiger partial charge in [0.1, 0.15) is 5.82 Å². The van der Waals surface area contributed by atoms with Crippen molar-refractivity contribution < 1.29 is 4.39 Å². The second kappa shape index (κ2) is 8.32. The zero-order chi connectivity index (χ0) is 15.0. The zero-order valence-corrected chi connectivity index (χ0v) is 12.0. The third kappa shape index (κ3) is 5.40. The van der Waals surface area contributed by atoms with Crippen molar-refractivity contribution >= 4 is 0 Å². The number of nitrogens with two attached hydrogens (primary N) is 1. The van der Waals surface area contributed by atoms with Gasteiger partial charge in [0.15, 0.2) is 0 Å². The minimum Gasteiger partial charge on any atom is -0.320 e. The predicted octanol–water partition coefficient (Wildman–Crippen LogP) is 2.26. The molecule has 2 N–H and O–H groups in total. The van der Waals surface area contributed by atoms with Gasteiger partial charge in [0.25, 0.3) is 0 Å². The third-order valence-corrected chi connectivity index (χ3v) is 2.92. The first-order chi connectivity index (χ1) is 9.56. The molecule has 4 heteroatoms. The van der Waals surface area contributed by atoms with Gasteiger partial charge in [-0.25, -0.2) is 4.39 Å². The molecule has 20 heavy (non-hydrogen) atoms. The van der Waals surface area contributed by atoms with E-state index in [1.165, 1.54) is 12.1 Å². The minimum atomic E-state index is -0.298. The summed E-state index contributed by atoms with van der Waals surface area (Å²) in [5.74, 6) is 5.27. The Morgan fingerprint density at radius 3 is 2.70 bits per heavy atom. The molecular formula is C16H20FN3. The molecule has 0 bridgehead atoms. The molecule has 106 valence electrons. The molecule has 0 heterocycles. The van der Waals surface area contributed by atoms with Gasteiger partial charge in [-0.05, 0) is 37.6 Å². The molecule has 0 amide bonds. The van der Waals surface area contributed by atoms with Gasteiger partial charge in [-0.2, -0.15) is 5.26 Å². The number of benzene rings is 1. The molecule has 0 spiro atoms. The van der Waals surface area contributed by atoms with Crippen LogP contribution in [-0.4, -0.2) is 24.0 Å². The average Bonchev–Trinajstić information content (AvgIpc) is 2.40. The normalized spacial score (nSPS) is 10.2. The van der Waals surface area contributed by atoms with Crippen molar-refractivity contribution in [1.29, 1.82) is 5.26 Å². The molecule has 0 aromatic heterocycles. The summed E-state index contributed by atoms with van der Waals surface area (Å²) in [5.41, 5.74) is 6.81. The van der Waals surface area contributed by atoms with Crippen LogP contribution in [0.5, 0.6) is 0 Å². The summed E-state index contributed by atoms with van der Waals surface area (Å²) >= 11 is 0. The summed E-state index contributed by atoms with van der Waals surface area (Å²) in [7, 11) is 0. The number of nitrogens with zero attached hydrogens (tertiary/aromatic N) is 2. The SMILES string of the molecule is CC(C)N(CCC#N)Cc1cc(F)cc(C#CCN)c1. The Balaban J connectivity index is 2.89. The van der Waals surface area contributed by atoms with Crippen LogP contribution in [0.25, 0.3) is 0 Å². The highest BCUT2D eigenvalue weighted by Crippen LogP contribution is 2.13. The van der Waals surface area contributed by atoms with E-state index in [4.69, 9.17) is 11.0 Å². The number of hydrogen-bond donors (Lipinski definition) is 1. The van der Waals surface area contributed by atoms with Gasteiger partial charge in [0, 0.05) is 31.1 Å². The van der Waals surface area contributed by atoms with Crippen LogP contribution < -0.4 is 5.73 Å². The number of rotatable bonds is 5. The van der Waals surface area contributed by atoms with Crippen molar-refractivity contribution in [3.05, 3.63) is 35.1 Å². The summed E-state index contributed by atoms with van der Waals surface area (Å²) in [6, 6.07) is 7.22. The van der Waals surface area contributed by atoms with E-state index in [0.717, 1.165) is 5.56 Å². The van der Waals surface area contributed by atoms with Crippen LogP contribution in [0.1, 0.15) is 31.4 Å². The van der Waals surface area contributed by atoms with Crippen LogP contribution in [0.2, 0.25) is 0 Å². The smallest absolute Gasteiger partial charge is 0.124 e. The lowest BCUT2D eigenvalue weighted by Crippen LogP contribution is -2.31. The summed E-state index contributed by atoms with van der Waals surface area (Å²) < 4.78 is 13.6. The van der Waals surface area contributed by atoms with E-state index in [1.54, 1.807) is 0 Å². The fourth-order valence-corrected chi connectivity index (χ4v) is 1.91. The molecule has 1 aromatic carbocycles. The molecule has 0 saturated carbocycles. The maximum atomic E-state index is 13.6. The van der Waals surface area contributed by atoms with Crippen LogP contribution >= 0.6 is 0 Å². The molecule has 3 nitrogen and oxygen atoms in total.